The van der Waals surface area contributed by atoms with Crippen LogP contribution in [0.3, 0.4) is 0 Å². The normalized spacial score (nSPS) is 10.3. The Balaban J connectivity index is 2.46. The molecule has 2 aromatic rings. The summed E-state index contributed by atoms with van der Waals surface area (Å²) in [5, 5.41) is 0. The van der Waals surface area contributed by atoms with Gasteiger partial charge in [-0.05, 0) is 32.0 Å². The number of H-pyrrole nitrogens is 1. The average Bonchev–Trinajstić information content (AvgIpc) is 2.55. The van der Waals surface area contributed by atoms with E-state index in [2.05, 4.69) is 9.97 Å². The van der Waals surface area contributed by atoms with Crippen molar-refractivity contribution in [1.29, 1.82) is 0 Å². The van der Waals surface area contributed by atoms with Gasteiger partial charge >= 0.3 is 5.69 Å². The van der Waals surface area contributed by atoms with E-state index in [-0.39, 0.29) is 11.6 Å². The highest BCUT2D eigenvalue weighted by Crippen LogP contribution is 2.21. The highest BCUT2D eigenvalue weighted by Gasteiger charge is 2.15. The van der Waals surface area contributed by atoms with Gasteiger partial charge < -0.3 is 14.6 Å². The summed E-state index contributed by atoms with van der Waals surface area (Å²) in [6, 6.07) is 8.79. The van der Waals surface area contributed by atoms with Crippen molar-refractivity contribution in [2.45, 2.75) is 13.8 Å². The van der Waals surface area contributed by atoms with E-state index >= 15 is 0 Å². The summed E-state index contributed by atoms with van der Waals surface area (Å²) in [7, 11) is 1.57. The molecule has 6 nitrogen and oxygen atoms in total. The molecule has 2 rings (SSSR count). The number of rotatable bonds is 5. The van der Waals surface area contributed by atoms with Crippen molar-refractivity contribution in [2.24, 2.45) is 0 Å². The van der Waals surface area contributed by atoms with Crippen molar-refractivity contribution >= 4 is 5.91 Å². The van der Waals surface area contributed by atoms with Crippen molar-refractivity contribution in [1.82, 2.24) is 14.9 Å². The van der Waals surface area contributed by atoms with Gasteiger partial charge in [-0.1, -0.05) is 12.1 Å². The molecule has 0 spiro atoms. The monoisotopic (exact) mass is 301 g/mol. The standard InChI is InChI=1S/C16H19N3O3/c1-4-19(5-2)15(20)14-10-13(17-16(21)18-14)11-7-6-8-12(9-11)22-3/h6-10H,4-5H2,1-3H3,(H,17,18,21). The Morgan fingerprint density at radius 3 is 2.64 bits per heavy atom. The van der Waals surface area contributed by atoms with Crippen molar-refractivity contribution < 1.29 is 9.53 Å². The molecule has 0 radical (unpaired) electrons. The molecule has 0 fully saturated rings. The minimum atomic E-state index is -0.546. The summed E-state index contributed by atoms with van der Waals surface area (Å²) in [6.45, 7) is 4.94. The van der Waals surface area contributed by atoms with E-state index in [4.69, 9.17) is 4.74 Å². The summed E-state index contributed by atoms with van der Waals surface area (Å²) in [5.74, 6) is 0.449. The van der Waals surface area contributed by atoms with Crippen LogP contribution in [0.15, 0.2) is 35.1 Å². The van der Waals surface area contributed by atoms with E-state index in [9.17, 15) is 9.59 Å². The number of nitrogens with zero attached hydrogens (tertiary/aromatic N) is 2. The summed E-state index contributed by atoms with van der Waals surface area (Å²) in [5.41, 5.74) is 0.856. The van der Waals surface area contributed by atoms with Crippen LogP contribution < -0.4 is 10.4 Å². The highest BCUT2D eigenvalue weighted by molar-refractivity contribution is 5.93. The number of carbonyl (C=O) groups excluding carboxylic acids is 1. The molecule has 0 unspecified atom stereocenters. The predicted octanol–water partition coefficient (Wildman–Crippen LogP) is 1.93. The maximum absolute atomic E-state index is 12.4. The van der Waals surface area contributed by atoms with Crippen molar-refractivity contribution in [3.05, 3.63) is 46.5 Å². The summed E-state index contributed by atoms with van der Waals surface area (Å²) >= 11 is 0. The SMILES string of the molecule is CCN(CC)C(=O)c1cc(-c2cccc(OC)c2)nc(=O)[nH]1. The van der Waals surface area contributed by atoms with Gasteiger partial charge in [-0.2, -0.15) is 4.98 Å². The Morgan fingerprint density at radius 1 is 1.27 bits per heavy atom. The zero-order valence-electron chi connectivity index (χ0n) is 12.9. The van der Waals surface area contributed by atoms with Crippen LogP contribution in [0.5, 0.6) is 5.75 Å². The number of nitrogens with one attached hydrogen (secondary N) is 1. The minimum Gasteiger partial charge on any atom is -0.497 e. The number of carbonyl (C=O) groups is 1. The van der Waals surface area contributed by atoms with Crippen LogP contribution in [0.2, 0.25) is 0 Å². The fraction of sp³-hybridized carbons (Fsp3) is 0.312. The van der Waals surface area contributed by atoms with Gasteiger partial charge in [0.2, 0.25) is 0 Å². The summed E-state index contributed by atoms with van der Waals surface area (Å²) in [4.78, 5) is 32.2. The first-order valence-corrected chi connectivity index (χ1v) is 7.14. The second-order valence-corrected chi connectivity index (χ2v) is 4.69. The molecule has 0 saturated heterocycles. The largest absolute Gasteiger partial charge is 0.497 e. The van der Waals surface area contributed by atoms with Crippen LogP contribution in [0.4, 0.5) is 0 Å². The van der Waals surface area contributed by atoms with Gasteiger partial charge in [0.05, 0.1) is 12.8 Å². The Hall–Kier alpha value is -2.63. The Labute approximate surface area is 128 Å². The predicted molar refractivity (Wildman–Crippen MR) is 84.1 cm³/mol. The molecular formula is C16H19N3O3. The van der Waals surface area contributed by atoms with Gasteiger partial charge in [0.25, 0.3) is 5.91 Å². The lowest BCUT2D eigenvalue weighted by Crippen LogP contribution is -2.32. The Kier molecular flexibility index (Phi) is 4.93. The Morgan fingerprint density at radius 2 is 2.00 bits per heavy atom. The molecule has 0 aliphatic rings. The number of methoxy groups -OCH3 is 1. The Bertz CT molecular complexity index is 721. The third-order valence-electron chi connectivity index (χ3n) is 3.39. The lowest BCUT2D eigenvalue weighted by Gasteiger charge is -2.18. The van der Waals surface area contributed by atoms with Crippen LogP contribution in [0, 0.1) is 0 Å². The van der Waals surface area contributed by atoms with Crippen LogP contribution in [-0.2, 0) is 0 Å². The van der Waals surface area contributed by atoms with Crippen LogP contribution >= 0.6 is 0 Å². The molecule has 22 heavy (non-hydrogen) atoms. The van der Waals surface area contributed by atoms with Crippen LogP contribution in [-0.4, -0.2) is 41.0 Å². The third-order valence-corrected chi connectivity index (χ3v) is 3.39. The first-order valence-electron chi connectivity index (χ1n) is 7.14. The van der Waals surface area contributed by atoms with Gasteiger partial charge in [-0.15, -0.1) is 0 Å². The number of aromatic nitrogens is 2. The molecule has 0 aliphatic heterocycles. The van der Waals surface area contributed by atoms with Crippen molar-refractivity contribution in [3.63, 3.8) is 0 Å². The number of aromatic amines is 1. The molecule has 1 N–H and O–H groups in total. The first kappa shape index (κ1) is 15.8. The van der Waals surface area contributed by atoms with Crippen molar-refractivity contribution in [2.75, 3.05) is 20.2 Å². The number of amides is 1. The second-order valence-electron chi connectivity index (χ2n) is 4.69. The molecular weight excluding hydrogens is 282 g/mol. The number of benzene rings is 1. The van der Waals surface area contributed by atoms with Gasteiger partial charge in [0, 0.05) is 18.7 Å². The summed E-state index contributed by atoms with van der Waals surface area (Å²) < 4.78 is 5.17. The maximum atomic E-state index is 12.4. The minimum absolute atomic E-state index is 0.214. The molecule has 1 aromatic carbocycles. The van der Waals surface area contributed by atoms with Gasteiger partial charge in [0.1, 0.15) is 11.4 Å². The molecule has 0 saturated carbocycles. The van der Waals surface area contributed by atoms with E-state index in [0.29, 0.717) is 24.5 Å². The second kappa shape index (κ2) is 6.89. The van der Waals surface area contributed by atoms with Gasteiger partial charge in [-0.3, -0.25) is 4.79 Å². The number of ether oxygens (including phenoxy) is 1. The van der Waals surface area contributed by atoms with Crippen LogP contribution in [0.1, 0.15) is 24.3 Å². The fourth-order valence-electron chi connectivity index (χ4n) is 2.18. The van der Waals surface area contributed by atoms with Gasteiger partial charge in [0.15, 0.2) is 0 Å². The fourth-order valence-corrected chi connectivity index (χ4v) is 2.18. The quantitative estimate of drug-likeness (QED) is 0.915. The van der Waals surface area contributed by atoms with Crippen LogP contribution in [0.25, 0.3) is 11.3 Å². The molecule has 0 bridgehead atoms. The summed E-state index contributed by atoms with van der Waals surface area (Å²) in [6.07, 6.45) is 0. The molecule has 0 aliphatic carbocycles. The number of hydrogen-bond acceptors (Lipinski definition) is 4. The molecule has 1 aromatic heterocycles. The maximum Gasteiger partial charge on any atom is 0.346 e. The third kappa shape index (κ3) is 3.33. The van der Waals surface area contributed by atoms with E-state index < -0.39 is 5.69 Å². The average molecular weight is 301 g/mol. The topological polar surface area (TPSA) is 75.3 Å². The number of hydrogen-bond donors (Lipinski definition) is 1. The molecule has 1 heterocycles. The van der Waals surface area contributed by atoms with E-state index in [0.717, 1.165) is 5.56 Å². The van der Waals surface area contributed by atoms with Crippen molar-refractivity contribution in [3.8, 4) is 17.0 Å². The molecule has 0 atom stereocenters. The molecule has 6 heteroatoms. The molecule has 116 valence electrons. The van der Waals surface area contributed by atoms with Gasteiger partial charge in [-0.25, -0.2) is 4.79 Å². The van der Waals surface area contributed by atoms with E-state index in [1.54, 1.807) is 30.2 Å². The highest BCUT2D eigenvalue weighted by atomic mass is 16.5. The lowest BCUT2D eigenvalue weighted by molar-refractivity contribution is 0.0766. The zero-order chi connectivity index (χ0) is 16.1. The first-order chi connectivity index (χ1) is 10.6. The van der Waals surface area contributed by atoms with E-state index in [1.807, 2.05) is 26.0 Å². The smallest absolute Gasteiger partial charge is 0.346 e. The van der Waals surface area contributed by atoms with E-state index in [1.165, 1.54) is 0 Å². The zero-order valence-corrected chi connectivity index (χ0v) is 12.9. The molecule has 1 amide bonds. The lowest BCUT2D eigenvalue weighted by atomic mass is 10.1.